The molecule has 0 saturated heterocycles. The van der Waals surface area contributed by atoms with Crippen LogP contribution >= 0.6 is 0 Å². The van der Waals surface area contributed by atoms with Crippen LogP contribution in [0.5, 0.6) is 0 Å². The maximum Gasteiger partial charge on any atom is 0.0854 e. The van der Waals surface area contributed by atoms with Crippen molar-refractivity contribution in [3.05, 3.63) is 23.4 Å². The third-order valence-corrected chi connectivity index (χ3v) is 1.40. The van der Waals surface area contributed by atoms with E-state index in [0.717, 1.165) is 18.4 Å². The highest BCUT2D eigenvalue weighted by molar-refractivity contribution is 5.33. The van der Waals surface area contributed by atoms with Crippen molar-refractivity contribution >= 4 is 0 Å². The van der Waals surface area contributed by atoms with Gasteiger partial charge in [0.25, 0.3) is 0 Å². The first-order valence-electron chi connectivity index (χ1n) is 3.81. The number of allylic oxidation sites excluding steroid dienone is 4. The largest absolute Gasteiger partial charge is 0.392 e. The van der Waals surface area contributed by atoms with Gasteiger partial charge in [0.1, 0.15) is 0 Å². The predicted octanol–water partition coefficient (Wildman–Crippen LogP) is 2.21. The highest BCUT2D eigenvalue weighted by atomic mass is 14.6. The molecule has 2 N–H and O–H groups in total. The second-order valence-corrected chi connectivity index (χ2v) is 2.43. The lowest BCUT2D eigenvalue weighted by atomic mass is 10.2. The highest BCUT2D eigenvalue weighted by Crippen LogP contribution is 2.00. The second-order valence-electron chi connectivity index (χ2n) is 2.43. The van der Waals surface area contributed by atoms with Gasteiger partial charge >= 0.3 is 0 Å². The van der Waals surface area contributed by atoms with Gasteiger partial charge in [0.15, 0.2) is 0 Å². The summed E-state index contributed by atoms with van der Waals surface area (Å²) in [4.78, 5) is 0. The van der Waals surface area contributed by atoms with Gasteiger partial charge in [-0.15, -0.1) is 6.42 Å². The molecule has 0 aliphatic carbocycles. The molecular weight excluding hydrogens is 134 g/mol. The van der Waals surface area contributed by atoms with Crippen LogP contribution in [-0.2, 0) is 0 Å². The fourth-order valence-corrected chi connectivity index (χ4v) is 0.630. The molecular formula is C10H15N. The molecule has 0 heterocycles. The van der Waals surface area contributed by atoms with Crippen molar-refractivity contribution in [2.75, 3.05) is 0 Å². The van der Waals surface area contributed by atoms with Gasteiger partial charge in [0.2, 0.25) is 0 Å². The van der Waals surface area contributed by atoms with Gasteiger partial charge in [-0.05, 0) is 18.9 Å². The van der Waals surface area contributed by atoms with Crippen molar-refractivity contribution in [2.24, 2.45) is 5.73 Å². The van der Waals surface area contributed by atoms with Gasteiger partial charge in [-0.25, -0.2) is 0 Å². The summed E-state index contributed by atoms with van der Waals surface area (Å²) < 4.78 is 0. The summed E-state index contributed by atoms with van der Waals surface area (Å²) in [5, 5.41) is 0. The van der Waals surface area contributed by atoms with E-state index in [4.69, 9.17) is 12.2 Å². The van der Waals surface area contributed by atoms with Gasteiger partial charge in [0, 0.05) is 0 Å². The van der Waals surface area contributed by atoms with E-state index >= 15 is 0 Å². The molecule has 0 unspecified atom stereocenters. The third-order valence-electron chi connectivity index (χ3n) is 1.40. The van der Waals surface area contributed by atoms with Crippen molar-refractivity contribution in [1.82, 2.24) is 0 Å². The molecule has 11 heavy (non-hydrogen) atoms. The van der Waals surface area contributed by atoms with Crippen LogP contribution in [0.3, 0.4) is 0 Å². The van der Waals surface area contributed by atoms with Crippen LogP contribution in [0.25, 0.3) is 0 Å². The van der Waals surface area contributed by atoms with E-state index in [0.29, 0.717) is 5.70 Å². The minimum absolute atomic E-state index is 0.525. The summed E-state index contributed by atoms with van der Waals surface area (Å²) in [6.07, 6.45) is 11.4. The highest BCUT2D eigenvalue weighted by Gasteiger charge is 1.86. The molecule has 0 aromatic rings. The Morgan fingerprint density at radius 3 is 2.73 bits per heavy atom. The van der Waals surface area contributed by atoms with E-state index in [9.17, 15) is 0 Å². The summed E-state index contributed by atoms with van der Waals surface area (Å²) in [5.74, 6) is 2.40. The van der Waals surface area contributed by atoms with Crippen LogP contribution in [0.4, 0.5) is 0 Å². The Morgan fingerprint density at radius 2 is 2.27 bits per heavy atom. The number of terminal acetylenes is 1. The zero-order valence-electron chi connectivity index (χ0n) is 7.22. The summed E-state index contributed by atoms with van der Waals surface area (Å²) in [5.41, 5.74) is 6.99. The number of unbranched alkanes of at least 4 members (excludes halogenated alkanes) is 1. The maximum atomic E-state index is 5.49. The van der Waals surface area contributed by atoms with Crippen LogP contribution in [-0.4, -0.2) is 0 Å². The van der Waals surface area contributed by atoms with Gasteiger partial charge in [0.05, 0.1) is 5.70 Å². The number of rotatable bonds is 3. The molecule has 0 aromatic heterocycles. The lowest BCUT2D eigenvalue weighted by Crippen LogP contribution is -1.95. The van der Waals surface area contributed by atoms with Gasteiger partial charge in [-0.1, -0.05) is 31.4 Å². The first kappa shape index (κ1) is 9.84. The summed E-state index contributed by atoms with van der Waals surface area (Å²) in [6, 6.07) is 0. The summed E-state index contributed by atoms with van der Waals surface area (Å²) in [6.45, 7) is 4.05. The van der Waals surface area contributed by atoms with E-state index in [-0.39, 0.29) is 0 Å². The van der Waals surface area contributed by atoms with Crippen LogP contribution in [0.15, 0.2) is 23.4 Å². The van der Waals surface area contributed by atoms with Crippen molar-refractivity contribution < 1.29 is 0 Å². The van der Waals surface area contributed by atoms with Crippen molar-refractivity contribution in [2.45, 2.75) is 26.7 Å². The zero-order chi connectivity index (χ0) is 8.69. The molecule has 60 valence electrons. The molecule has 0 rings (SSSR count). The Labute approximate surface area is 69.0 Å². The number of hydrogen-bond donors (Lipinski definition) is 1. The van der Waals surface area contributed by atoms with E-state index in [2.05, 4.69) is 18.9 Å². The molecule has 0 aromatic carbocycles. The minimum atomic E-state index is 0.525. The SMILES string of the molecule is C#C/C(N)=C(C)/C=C\CCC. The fourth-order valence-electron chi connectivity index (χ4n) is 0.630. The fraction of sp³-hybridized carbons (Fsp3) is 0.400. The molecule has 0 radical (unpaired) electrons. The monoisotopic (exact) mass is 149 g/mol. The van der Waals surface area contributed by atoms with E-state index in [1.807, 2.05) is 13.0 Å². The van der Waals surface area contributed by atoms with Crippen LogP contribution in [0.2, 0.25) is 0 Å². The standard InChI is InChI=1S/C10H15N/c1-4-6-7-8-9(3)10(11)5-2/h2,7-8H,4,6,11H2,1,3H3/b8-7-,10-9-. The molecule has 0 bridgehead atoms. The molecule has 0 saturated carbocycles. The Kier molecular flexibility index (Phi) is 5.02. The molecule has 0 atom stereocenters. The lowest BCUT2D eigenvalue weighted by molar-refractivity contribution is 0.957. The molecule has 0 fully saturated rings. The number of hydrogen-bond acceptors (Lipinski definition) is 1. The first-order valence-corrected chi connectivity index (χ1v) is 3.81. The molecule has 0 aliphatic heterocycles. The third kappa shape index (κ3) is 4.27. The molecule has 0 aliphatic rings. The van der Waals surface area contributed by atoms with E-state index in [1.165, 1.54) is 0 Å². The zero-order valence-corrected chi connectivity index (χ0v) is 7.22. The van der Waals surface area contributed by atoms with Gasteiger partial charge in [-0.3, -0.25) is 0 Å². The Hall–Kier alpha value is -1.16. The Morgan fingerprint density at radius 1 is 1.64 bits per heavy atom. The molecule has 0 spiro atoms. The Balaban J connectivity index is 4.07. The number of nitrogens with two attached hydrogens (primary N) is 1. The Bertz CT molecular complexity index is 203. The predicted molar refractivity (Wildman–Crippen MR) is 49.8 cm³/mol. The molecule has 1 heteroatoms. The van der Waals surface area contributed by atoms with Crippen molar-refractivity contribution in [1.29, 1.82) is 0 Å². The smallest absolute Gasteiger partial charge is 0.0854 e. The first-order chi connectivity index (χ1) is 5.22. The normalized spacial score (nSPS) is 12.8. The molecule has 1 nitrogen and oxygen atoms in total. The average Bonchev–Trinajstić information content (AvgIpc) is 2.03. The summed E-state index contributed by atoms with van der Waals surface area (Å²) in [7, 11) is 0. The van der Waals surface area contributed by atoms with Crippen LogP contribution in [0.1, 0.15) is 26.7 Å². The van der Waals surface area contributed by atoms with E-state index in [1.54, 1.807) is 0 Å². The lowest BCUT2D eigenvalue weighted by Gasteiger charge is -1.93. The van der Waals surface area contributed by atoms with Gasteiger partial charge in [-0.2, -0.15) is 0 Å². The van der Waals surface area contributed by atoms with E-state index < -0.39 is 0 Å². The van der Waals surface area contributed by atoms with Crippen molar-refractivity contribution in [3.63, 3.8) is 0 Å². The minimum Gasteiger partial charge on any atom is -0.392 e. The quantitative estimate of drug-likeness (QED) is 0.483. The van der Waals surface area contributed by atoms with Gasteiger partial charge < -0.3 is 5.73 Å². The second kappa shape index (κ2) is 5.61. The van der Waals surface area contributed by atoms with Crippen molar-refractivity contribution in [3.8, 4) is 12.3 Å². The average molecular weight is 149 g/mol. The molecule has 0 amide bonds. The summed E-state index contributed by atoms with van der Waals surface area (Å²) >= 11 is 0. The van der Waals surface area contributed by atoms with Crippen LogP contribution in [0, 0.1) is 12.3 Å². The maximum absolute atomic E-state index is 5.49. The van der Waals surface area contributed by atoms with Crippen LogP contribution < -0.4 is 5.73 Å². The topological polar surface area (TPSA) is 26.0 Å².